The molecule has 1 aliphatic rings. The highest BCUT2D eigenvalue weighted by Crippen LogP contribution is 2.37. The molecule has 5 nitrogen and oxygen atoms in total. The Morgan fingerprint density at radius 1 is 1.03 bits per heavy atom. The minimum absolute atomic E-state index is 0.223. The number of carbonyl (C=O) groups excluding carboxylic acids is 1. The van der Waals surface area contributed by atoms with Crippen LogP contribution in [-0.4, -0.2) is 24.4 Å². The number of hydrogen-bond acceptors (Lipinski definition) is 4. The number of rotatable bonds is 5. The van der Waals surface area contributed by atoms with Gasteiger partial charge in [-0.15, -0.1) is 0 Å². The molecule has 1 aliphatic heterocycles. The first kappa shape index (κ1) is 21.4. The lowest BCUT2D eigenvalue weighted by molar-refractivity contribution is 0.00578. The lowest BCUT2D eigenvalue weighted by Gasteiger charge is -2.32. The normalized spacial score (nSPS) is 17.4. The highest BCUT2D eigenvalue weighted by atomic mass is 16.7. The Labute approximate surface area is 173 Å². The lowest BCUT2D eigenvalue weighted by Crippen LogP contribution is -2.41. The van der Waals surface area contributed by atoms with Gasteiger partial charge in [0.1, 0.15) is 6.61 Å². The van der Waals surface area contributed by atoms with Crippen molar-refractivity contribution in [1.82, 2.24) is 0 Å². The van der Waals surface area contributed by atoms with Gasteiger partial charge < -0.3 is 14.0 Å². The van der Waals surface area contributed by atoms with Crippen molar-refractivity contribution in [3.63, 3.8) is 0 Å². The Bertz CT molecular complexity index is 848. The van der Waals surface area contributed by atoms with E-state index in [1.807, 2.05) is 76.2 Å². The van der Waals surface area contributed by atoms with Crippen LogP contribution in [0.3, 0.4) is 0 Å². The van der Waals surface area contributed by atoms with Gasteiger partial charge >= 0.3 is 13.2 Å². The average Bonchev–Trinajstić information content (AvgIpc) is 2.88. The summed E-state index contributed by atoms with van der Waals surface area (Å²) < 4.78 is 17.7. The summed E-state index contributed by atoms with van der Waals surface area (Å²) in [5.41, 5.74) is 2.71. The summed E-state index contributed by atoms with van der Waals surface area (Å²) in [6.07, 6.45) is -0.484. The van der Waals surface area contributed by atoms with Crippen LogP contribution < -0.4 is 10.8 Å². The first-order valence-corrected chi connectivity index (χ1v) is 10.1. The number of amides is 1. The molecule has 1 saturated heterocycles. The molecule has 0 unspecified atom stereocenters. The molecule has 0 bridgehead atoms. The predicted molar refractivity (Wildman–Crippen MR) is 116 cm³/mol. The van der Waals surface area contributed by atoms with E-state index in [0.29, 0.717) is 5.69 Å². The summed E-state index contributed by atoms with van der Waals surface area (Å²) in [5, 5.41) is 2.90. The number of benzene rings is 2. The van der Waals surface area contributed by atoms with Crippen LogP contribution in [0.5, 0.6) is 0 Å². The molecule has 29 heavy (non-hydrogen) atoms. The molecule has 1 fully saturated rings. The van der Waals surface area contributed by atoms with Crippen molar-refractivity contribution in [2.75, 3.05) is 5.32 Å². The Balaban J connectivity index is 1.76. The molecule has 1 N–H and O–H groups in total. The van der Waals surface area contributed by atoms with E-state index in [1.54, 1.807) is 0 Å². The van der Waals surface area contributed by atoms with Gasteiger partial charge in [-0.05, 0) is 56.3 Å². The summed E-state index contributed by atoms with van der Waals surface area (Å²) in [7, 11) is -0.484. The van der Waals surface area contributed by atoms with Crippen LogP contribution in [0, 0.1) is 0 Å². The average molecular weight is 395 g/mol. The van der Waals surface area contributed by atoms with Gasteiger partial charge in [-0.25, -0.2) is 4.79 Å². The van der Waals surface area contributed by atoms with Crippen molar-refractivity contribution in [2.24, 2.45) is 0 Å². The number of nitrogens with one attached hydrogen (secondary N) is 1. The van der Waals surface area contributed by atoms with Crippen molar-refractivity contribution >= 4 is 24.4 Å². The fourth-order valence-corrected chi connectivity index (χ4v) is 3.18. The molecule has 2 aromatic rings. The Kier molecular flexibility index (Phi) is 6.06. The van der Waals surface area contributed by atoms with Gasteiger partial charge in [0.2, 0.25) is 0 Å². The second-order valence-corrected chi connectivity index (χ2v) is 8.78. The molecule has 0 atom stereocenters. The molecule has 154 valence electrons. The molecule has 3 rings (SSSR count). The van der Waals surface area contributed by atoms with E-state index >= 15 is 0 Å². The molecule has 1 heterocycles. The van der Waals surface area contributed by atoms with Gasteiger partial charge in [0.25, 0.3) is 0 Å². The van der Waals surface area contributed by atoms with E-state index in [1.165, 1.54) is 0 Å². The Morgan fingerprint density at radius 2 is 1.66 bits per heavy atom. The first-order chi connectivity index (χ1) is 13.6. The Hall–Kier alpha value is -2.31. The number of hydrogen-bond donors (Lipinski definition) is 1. The predicted octanol–water partition coefficient (Wildman–Crippen LogP) is 4.86. The van der Waals surface area contributed by atoms with Crippen molar-refractivity contribution in [1.29, 1.82) is 0 Å². The summed E-state index contributed by atoms with van der Waals surface area (Å²) in [4.78, 5) is 12.4. The number of anilines is 1. The van der Waals surface area contributed by atoms with Crippen LogP contribution >= 0.6 is 0 Å². The molecule has 0 radical (unpaired) electrons. The maximum Gasteiger partial charge on any atom is 0.494 e. The van der Waals surface area contributed by atoms with Crippen LogP contribution in [-0.2, 0) is 20.7 Å². The maximum atomic E-state index is 12.4. The van der Waals surface area contributed by atoms with E-state index in [-0.39, 0.29) is 12.5 Å². The van der Waals surface area contributed by atoms with Gasteiger partial charge in [0.15, 0.2) is 0 Å². The van der Waals surface area contributed by atoms with Crippen molar-refractivity contribution in [3.8, 4) is 0 Å². The monoisotopic (exact) mass is 395 g/mol. The number of ether oxygens (including phenoxy) is 1. The van der Waals surface area contributed by atoms with Crippen LogP contribution in [0.1, 0.15) is 58.6 Å². The molecule has 2 aromatic carbocycles. The zero-order chi connectivity index (χ0) is 21.2. The summed E-state index contributed by atoms with van der Waals surface area (Å²) >= 11 is 0. The molecule has 0 aliphatic carbocycles. The highest BCUT2D eigenvalue weighted by Gasteiger charge is 2.51. The minimum Gasteiger partial charge on any atom is -0.444 e. The maximum absolute atomic E-state index is 12.4. The second kappa shape index (κ2) is 8.21. The molecule has 1 amide bonds. The van der Waals surface area contributed by atoms with E-state index in [0.717, 1.165) is 16.6 Å². The van der Waals surface area contributed by atoms with E-state index in [2.05, 4.69) is 19.2 Å². The van der Waals surface area contributed by atoms with Crippen LogP contribution in [0.4, 0.5) is 10.5 Å². The highest BCUT2D eigenvalue weighted by molar-refractivity contribution is 6.62. The van der Waals surface area contributed by atoms with Crippen LogP contribution in [0.2, 0.25) is 0 Å². The minimum atomic E-state index is -0.484. The van der Waals surface area contributed by atoms with E-state index in [4.69, 9.17) is 14.0 Å². The van der Waals surface area contributed by atoms with Gasteiger partial charge in [-0.3, -0.25) is 5.32 Å². The van der Waals surface area contributed by atoms with Crippen molar-refractivity contribution in [2.45, 2.75) is 65.3 Å². The van der Waals surface area contributed by atoms with Gasteiger partial charge in [-0.1, -0.05) is 56.3 Å². The topological polar surface area (TPSA) is 56.8 Å². The zero-order valence-electron chi connectivity index (χ0n) is 18.1. The van der Waals surface area contributed by atoms with Gasteiger partial charge in [0.05, 0.1) is 11.2 Å². The third-order valence-electron chi connectivity index (χ3n) is 5.67. The van der Waals surface area contributed by atoms with Crippen LogP contribution in [0.25, 0.3) is 0 Å². The van der Waals surface area contributed by atoms with E-state index < -0.39 is 24.4 Å². The molecular weight excluding hydrogens is 365 g/mol. The lowest BCUT2D eigenvalue weighted by atomic mass is 9.78. The molecular formula is C23H30BNO4. The fourth-order valence-electron chi connectivity index (χ4n) is 3.18. The number of carbonyl (C=O) groups is 1. The molecule has 6 heteroatoms. The Morgan fingerprint density at radius 3 is 2.24 bits per heavy atom. The summed E-state index contributed by atoms with van der Waals surface area (Å²) in [5.74, 6) is 0.242. The molecule has 0 saturated carbocycles. The van der Waals surface area contributed by atoms with Gasteiger partial charge in [-0.2, -0.15) is 0 Å². The summed E-state index contributed by atoms with van der Waals surface area (Å²) in [6, 6.07) is 15.5. The van der Waals surface area contributed by atoms with Gasteiger partial charge in [0, 0.05) is 5.69 Å². The molecule has 0 aromatic heterocycles. The zero-order valence-corrected chi connectivity index (χ0v) is 18.1. The second-order valence-electron chi connectivity index (χ2n) is 8.78. The van der Waals surface area contributed by atoms with Crippen LogP contribution in [0.15, 0.2) is 48.5 Å². The third kappa shape index (κ3) is 4.82. The largest absolute Gasteiger partial charge is 0.494 e. The summed E-state index contributed by atoms with van der Waals surface area (Å²) in [6.45, 7) is 12.5. The van der Waals surface area contributed by atoms with E-state index in [9.17, 15) is 4.79 Å². The fraction of sp³-hybridized carbons (Fsp3) is 0.435. The van der Waals surface area contributed by atoms with Crippen molar-refractivity contribution in [3.05, 3.63) is 59.7 Å². The standard InChI is InChI=1S/C23H30BNO4/c1-16(2)19-13-12-18(24-28-22(3,4)23(5,6)29-24)14-20(19)25-21(26)27-15-17-10-8-7-9-11-17/h7-14,16H,15H2,1-6H3,(H,25,26). The quantitative estimate of drug-likeness (QED) is 0.735. The first-order valence-electron chi connectivity index (χ1n) is 10.1. The van der Waals surface area contributed by atoms with Crippen molar-refractivity contribution < 1.29 is 18.8 Å². The SMILES string of the molecule is CC(C)c1ccc(B2OC(C)(C)C(C)(C)O2)cc1NC(=O)OCc1ccccc1. The molecule has 0 spiro atoms. The third-order valence-corrected chi connectivity index (χ3v) is 5.67. The smallest absolute Gasteiger partial charge is 0.444 e.